The molecule has 0 radical (unpaired) electrons. The van der Waals surface area contributed by atoms with Crippen LogP contribution in [0.4, 0.5) is 0 Å². The molecule has 4 aromatic rings. The zero-order chi connectivity index (χ0) is 33.1. The quantitative estimate of drug-likeness (QED) is 0.162. The summed E-state index contributed by atoms with van der Waals surface area (Å²) in [6, 6.07) is 23.6. The maximum absolute atomic E-state index is 6.46. The molecule has 256 valence electrons. The minimum Gasteiger partial charge on any atom is -0.493 e. The molecule has 0 saturated carbocycles. The molecular formula is C39H47ClN2O6. The molecule has 2 aliphatic heterocycles. The molecule has 4 aromatic carbocycles. The Labute approximate surface area is 290 Å². The molecule has 2 atom stereocenters. The van der Waals surface area contributed by atoms with E-state index in [2.05, 4.69) is 72.4 Å². The van der Waals surface area contributed by atoms with Crippen LogP contribution in [0.3, 0.4) is 0 Å². The number of hydrogen-bond donors (Lipinski definition) is 0. The average molecular weight is 675 g/mol. The molecule has 0 bridgehead atoms. The second-order valence-electron chi connectivity index (χ2n) is 12.4. The van der Waals surface area contributed by atoms with Crippen LogP contribution in [0.25, 0.3) is 0 Å². The minimum absolute atomic E-state index is 0. The van der Waals surface area contributed by atoms with Crippen molar-refractivity contribution < 1.29 is 28.4 Å². The molecule has 0 saturated heterocycles. The van der Waals surface area contributed by atoms with Gasteiger partial charge in [-0.25, -0.2) is 0 Å². The van der Waals surface area contributed by atoms with Crippen LogP contribution < -0.4 is 28.4 Å². The molecule has 8 nitrogen and oxygen atoms in total. The predicted molar refractivity (Wildman–Crippen MR) is 191 cm³/mol. The number of nitrogens with zero attached hydrogens (tertiary/aromatic N) is 2. The molecule has 0 fully saturated rings. The van der Waals surface area contributed by atoms with E-state index in [1.54, 1.807) is 35.5 Å². The number of rotatable bonds is 11. The molecular weight excluding hydrogens is 628 g/mol. The van der Waals surface area contributed by atoms with Crippen molar-refractivity contribution in [1.82, 2.24) is 9.80 Å². The van der Waals surface area contributed by atoms with Gasteiger partial charge in [0.1, 0.15) is 5.75 Å². The summed E-state index contributed by atoms with van der Waals surface area (Å²) < 4.78 is 34.6. The van der Waals surface area contributed by atoms with Crippen molar-refractivity contribution in [3.8, 4) is 40.2 Å². The molecule has 2 heterocycles. The maximum Gasteiger partial charge on any atom is 0.169 e. The highest BCUT2D eigenvalue weighted by atomic mass is 35.5. The lowest BCUT2D eigenvalue weighted by Crippen LogP contribution is -2.33. The van der Waals surface area contributed by atoms with Crippen molar-refractivity contribution >= 4 is 12.4 Å². The molecule has 0 unspecified atom stereocenters. The van der Waals surface area contributed by atoms with Gasteiger partial charge in [-0.05, 0) is 122 Å². The van der Waals surface area contributed by atoms with Gasteiger partial charge in [0.15, 0.2) is 34.5 Å². The van der Waals surface area contributed by atoms with Gasteiger partial charge in [-0.1, -0.05) is 18.2 Å². The predicted octanol–water partition coefficient (Wildman–Crippen LogP) is 7.49. The molecule has 6 rings (SSSR count). The maximum atomic E-state index is 6.46. The van der Waals surface area contributed by atoms with Gasteiger partial charge < -0.3 is 28.4 Å². The fourth-order valence-corrected chi connectivity index (χ4v) is 7.03. The standard InChI is InChI=1S/C39H46N2O6.ClH/c1-40-16-14-27-21-35(43-4)37(45-6)23-30(27)32(40)18-25-8-11-29(12-9-25)47-39-20-26(10-13-34(39)42-3)19-33-31-24-38(46-7)36(44-5)22-28(31)15-17-41(33)2;/h8-13,20-24,32-33H,14-19H2,1-7H3;1H/t32-,33-;/m1./s1. The molecule has 48 heavy (non-hydrogen) atoms. The lowest BCUT2D eigenvalue weighted by atomic mass is 9.88. The van der Waals surface area contributed by atoms with Gasteiger partial charge in [0.2, 0.25) is 0 Å². The first-order valence-corrected chi connectivity index (χ1v) is 16.2. The summed E-state index contributed by atoms with van der Waals surface area (Å²) >= 11 is 0. The van der Waals surface area contributed by atoms with Crippen LogP contribution in [-0.2, 0) is 25.7 Å². The van der Waals surface area contributed by atoms with E-state index in [0.717, 1.165) is 67.5 Å². The van der Waals surface area contributed by atoms with Crippen LogP contribution in [0.15, 0.2) is 66.7 Å². The van der Waals surface area contributed by atoms with E-state index in [0.29, 0.717) is 11.5 Å². The third kappa shape index (κ3) is 7.16. The molecule has 9 heteroatoms. The van der Waals surface area contributed by atoms with E-state index in [-0.39, 0.29) is 24.5 Å². The Morgan fingerprint density at radius 2 is 0.958 bits per heavy atom. The molecule has 2 aliphatic rings. The molecule has 0 aliphatic carbocycles. The highest BCUT2D eigenvalue weighted by molar-refractivity contribution is 5.85. The first-order valence-electron chi connectivity index (χ1n) is 16.2. The third-order valence-corrected chi connectivity index (χ3v) is 9.78. The van der Waals surface area contributed by atoms with Crippen molar-refractivity contribution in [2.75, 3.05) is 62.7 Å². The van der Waals surface area contributed by atoms with Gasteiger partial charge in [-0.15, -0.1) is 12.4 Å². The number of hydrogen-bond acceptors (Lipinski definition) is 8. The summed E-state index contributed by atoms with van der Waals surface area (Å²) in [6.45, 7) is 1.97. The van der Waals surface area contributed by atoms with Gasteiger partial charge >= 0.3 is 0 Å². The largest absolute Gasteiger partial charge is 0.493 e. The summed E-state index contributed by atoms with van der Waals surface area (Å²) in [7, 11) is 12.8. The van der Waals surface area contributed by atoms with Gasteiger partial charge in [-0.2, -0.15) is 0 Å². The molecule has 0 amide bonds. The Morgan fingerprint density at radius 1 is 0.521 bits per heavy atom. The number of ether oxygens (including phenoxy) is 6. The van der Waals surface area contributed by atoms with Gasteiger partial charge in [-0.3, -0.25) is 9.80 Å². The fraction of sp³-hybridized carbons (Fsp3) is 0.385. The smallest absolute Gasteiger partial charge is 0.169 e. The normalized spacial score (nSPS) is 17.4. The molecule has 0 aromatic heterocycles. The lowest BCUT2D eigenvalue weighted by Gasteiger charge is -2.35. The van der Waals surface area contributed by atoms with Crippen molar-refractivity contribution in [2.45, 2.75) is 37.8 Å². The Kier molecular flexibility index (Phi) is 11.3. The Bertz CT molecular complexity index is 1710. The van der Waals surface area contributed by atoms with Gasteiger partial charge in [0, 0.05) is 25.2 Å². The molecule has 0 N–H and O–H groups in total. The van der Waals surface area contributed by atoms with Crippen LogP contribution in [0.2, 0.25) is 0 Å². The second-order valence-corrected chi connectivity index (χ2v) is 12.4. The zero-order valence-corrected chi connectivity index (χ0v) is 29.8. The van der Waals surface area contributed by atoms with E-state index in [4.69, 9.17) is 28.4 Å². The number of halogens is 1. The fourth-order valence-electron chi connectivity index (χ4n) is 7.03. The van der Waals surface area contributed by atoms with Crippen LogP contribution in [0.1, 0.15) is 45.5 Å². The number of fused-ring (bicyclic) bond motifs is 2. The van der Waals surface area contributed by atoms with Crippen molar-refractivity contribution in [2.24, 2.45) is 0 Å². The van der Waals surface area contributed by atoms with E-state index in [9.17, 15) is 0 Å². The number of benzene rings is 4. The zero-order valence-electron chi connectivity index (χ0n) is 29.0. The molecule has 0 spiro atoms. The first-order chi connectivity index (χ1) is 22.8. The highest BCUT2D eigenvalue weighted by Gasteiger charge is 2.29. The average Bonchev–Trinajstić information content (AvgIpc) is 3.10. The van der Waals surface area contributed by atoms with Crippen LogP contribution in [0, 0.1) is 0 Å². The van der Waals surface area contributed by atoms with E-state index in [1.807, 2.05) is 18.2 Å². The second kappa shape index (κ2) is 15.4. The number of likely N-dealkylation sites (N-methyl/N-ethyl adjacent to an activating group) is 2. The van der Waals surface area contributed by atoms with E-state index in [1.165, 1.54) is 33.4 Å². The first kappa shape index (κ1) is 35.2. The van der Waals surface area contributed by atoms with Crippen LogP contribution in [-0.4, -0.2) is 72.5 Å². The third-order valence-electron chi connectivity index (χ3n) is 9.78. The van der Waals surface area contributed by atoms with E-state index >= 15 is 0 Å². The van der Waals surface area contributed by atoms with Crippen molar-refractivity contribution in [3.63, 3.8) is 0 Å². The topological polar surface area (TPSA) is 61.9 Å². The Morgan fingerprint density at radius 3 is 1.44 bits per heavy atom. The summed E-state index contributed by atoms with van der Waals surface area (Å²) in [5, 5.41) is 0. The summed E-state index contributed by atoms with van der Waals surface area (Å²) in [5.41, 5.74) is 7.60. The monoisotopic (exact) mass is 674 g/mol. The summed E-state index contributed by atoms with van der Waals surface area (Å²) in [4.78, 5) is 4.83. The van der Waals surface area contributed by atoms with Gasteiger partial charge in [0.05, 0.1) is 35.5 Å². The summed E-state index contributed by atoms with van der Waals surface area (Å²) in [5.74, 6) is 5.25. The van der Waals surface area contributed by atoms with Crippen LogP contribution in [0.5, 0.6) is 40.2 Å². The minimum atomic E-state index is 0. The van der Waals surface area contributed by atoms with Gasteiger partial charge in [0.25, 0.3) is 0 Å². The van der Waals surface area contributed by atoms with Crippen molar-refractivity contribution in [1.29, 1.82) is 0 Å². The lowest BCUT2D eigenvalue weighted by molar-refractivity contribution is 0.227. The summed E-state index contributed by atoms with van der Waals surface area (Å²) in [6.07, 6.45) is 3.67. The number of methoxy groups -OCH3 is 5. The van der Waals surface area contributed by atoms with Crippen molar-refractivity contribution in [3.05, 3.63) is 100 Å². The Balaban J connectivity index is 0.00000451. The van der Waals surface area contributed by atoms with E-state index < -0.39 is 0 Å². The SMILES string of the molecule is COc1cc2c(cc1OC)[C@@H](Cc1ccc(Oc3cc(C[C@@H]4c5cc(OC)c(OC)cc5CCN4C)ccc3OC)cc1)N(C)CC2.Cl. The van der Waals surface area contributed by atoms with Crippen LogP contribution >= 0.6 is 12.4 Å². The Hall–Kier alpha value is -4.11. The highest BCUT2D eigenvalue weighted by Crippen LogP contribution is 2.41.